The number of hydrogen-bond donors (Lipinski definition) is 0. The molecule has 0 fully saturated rings. The fraction of sp³-hybridized carbons (Fsp3) is 0. The van der Waals surface area contributed by atoms with Crippen molar-refractivity contribution in [1.29, 1.82) is 0 Å². The summed E-state index contributed by atoms with van der Waals surface area (Å²) in [6.07, 6.45) is 0. The second kappa shape index (κ2) is 7.39. The van der Waals surface area contributed by atoms with Crippen molar-refractivity contribution in [1.82, 2.24) is 0 Å². The van der Waals surface area contributed by atoms with Gasteiger partial charge < -0.3 is 5.11 Å². The molecule has 0 aliphatic rings. The standard InChI is InChI=1S/C6H5N5O.Cs/c7-9-11-10-8-5-1-3-6(12)4-2-5;/h1-4,12H;/q;+1/p-1. The Kier molecular flexibility index (Phi) is 7.38. The van der Waals surface area contributed by atoms with Gasteiger partial charge in [0.2, 0.25) is 0 Å². The van der Waals surface area contributed by atoms with Crippen molar-refractivity contribution in [3.63, 3.8) is 0 Å². The van der Waals surface area contributed by atoms with E-state index >= 15 is 0 Å². The van der Waals surface area contributed by atoms with Crippen molar-refractivity contribution >= 4 is 5.69 Å². The molecule has 6 nitrogen and oxygen atoms in total. The average molecular weight is 295 g/mol. The molecular weight excluding hydrogens is 291 g/mol. The van der Waals surface area contributed by atoms with Crippen molar-refractivity contribution in [2.75, 3.05) is 0 Å². The van der Waals surface area contributed by atoms with Gasteiger partial charge in [-0.2, -0.15) is 4.91 Å². The van der Waals surface area contributed by atoms with Gasteiger partial charge in [-0.1, -0.05) is 12.1 Å². The van der Waals surface area contributed by atoms with Crippen molar-refractivity contribution in [3.8, 4) is 5.75 Å². The van der Waals surface area contributed by atoms with Crippen LogP contribution in [0, 0.1) is 0 Å². The molecule has 0 aliphatic carbocycles. The summed E-state index contributed by atoms with van der Waals surface area (Å²) in [6.45, 7) is 0. The Morgan fingerprint density at radius 3 is 2.38 bits per heavy atom. The van der Waals surface area contributed by atoms with Crippen molar-refractivity contribution < 1.29 is 74.0 Å². The van der Waals surface area contributed by atoms with E-state index in [4.69, 9.17) is 5.53 Å². The molecule has 0 radical (unpaired) electrons. The number of azide groups is 1. The van der Waals surface area contributed by atoms with Crippen LogP contribution in [0.15, 0.2) is 39.8 Å². The van der Waals surface area contributed by atoms with E-state index in [0.717, 1.165) is 0 Å². The molecule has 0 amide bonds. The van der Waals surface area contributed by atoms with E-state index in [1.165, 1.54) is 24.3 Å². The molecule has 0 bridgehead atoms. The molecular formula is C6H4CsN5O. The summed E-state index contributed by atoms with van der Waals surface area (Å²) in [5.74, 6) is -0.0993. The second-order valence-electron chi connectivity index (χ2n) is 1.86. The number of hydrogen-bond acceptors (Lipinski definition) is 2. The quantitative estimate of drug-likeness (QED) is 0.300. The van der Waals surface area contributed by atoms with Gasteiger partial charge in [0, 0.05) is 0 Å². The molecule has 1 aromatic carbocycles. The maximum absolute atomic E-state index is 10.6. The third kappa shape index (κ3) is 5.32. The van der Waals surface area contributed by atoms with Gasteiger partial charge >= 0.3 is 68.9 Å². The van der Waals surface area contributed by atoms with Crippen LogP contribution in [0.25, 0.3) is 10.4 Å². The Morgan fingerprint density at radius 2 is 1.85 bits per heavy atom. The third-order valence-corrected chi connectivity index (χ3v) is 1.08. The zero-order chi connectivity index (χ0) is 8.81. The Balaban J connectivity index is 0.00000144. The van der Waals surface area contributed by atoms with E-state index in [2.05, 4.69) is 20.5 Å². The zero-order valence-electron chi connectivity index (χ0n) is 6.95. The molecule has 1 rings (SSSR count). The summed E-state index contributed by atoms with van der Waals surface area (Å²) in [5.41, 5.74) is 8.32. The van der Waals surface area contributed by atoms with Crippen LogP contribution in [0.4, 0.5) is 5.69 Å². The van der Waals surface area contributed by atoms with E-state index in [1.54, 1.807) is 0 Å². The van der Waals surface area contributed by atoms with Gasteiger partial charge in [-0.25, -0.2) is 0 Å². The van der Waals surface area contributed by atoms with Crippen molar-refractivity contribution in [2.24, 2.45) is 15.6 Å². The predicted molar refractivity (Wildman–Crippen MR) is 39.6 cm³/mol. The van der Waals surface area contributed by atoms with Crippen LogP contribution in [0.1, 0.15) is 0 Å². The van der Waals surface area contributed by atoms with Crippen LogP contribution >= 0.6 is 0 Å². The van der Waals surface area contributed by atoms with E-state index in [-0.39, 0.29) is 74.6 Å². The van der Waals surface area contributed by atoms with Gasteiger partial charge in [0.15, 0.2) is 0 Å². The minimum Gasteiger partial charge on any atom is -0.872 e. The molecule has 7 heteroatoms. The largest absolute Gasteiger partial charge is 1.00 e. The van der Waals surface area contributed by atoms with Gasteiger partial charge in [0.05, 0.1) is 5.22 Å². The van der Waals surface area contributed by atoms with Gasteiger partial charge in [-0.05, 0) is 17.2 Å². The van der Waals surface area contributed by atoms with Crippen LogP contribution < -0.4 is 74.0 Å². The second-order valence-corrected chi connectivity index (χ2v) is 1.86. The van der Waals surface area contributed by atoms with E-state index in [1.807, 2.05) is 0 Å². The van der Waals surface area contributed by atoms with Gasteiger partial charge in [0.25, 0.3) is 0 Å². The van der Waals surface area contributed by atoms with E-state index in [9.17, 15) is 5.11 Å². The molecule has 60 valence electrons. The third-order valence-electron chi connectivity index (χ3n) is 1.08. The Bertz CT molecular complexity index is 329. The first-order valence-corrected chi connectivity index (χ1v) is 3.05. The molecule has 0 saturated carbocycles. The summed E-state index contributed by atoms with van der Waals surface area (Å²) in [5, 5.41) is 20.1. The molecule has 0 heterocycles. The molecule has 0 saturated heterocycles. The monoisotopic (exact) mass is 295 g/mol. The van der Waals surface area contributed by atoms with Crippen LogP contribution in [-0.2, 0) is 0 Å². The van der Waals surface area contributed by atoms with Crippen LogP contribution in [0.2, 0.25) is 0 Å². The molecule has 0 aliphatic heterocycles. The van der Waals surface area contributed by atoms with Crippen LogP contribution in [0.3, 0.4) is 0 Å². The number of benzene rings is 1. The first-order chi connectivity index (χ1) is 5.83. The molecule has 1 aromatic rings. The first kappa shape index (κ1) is 13.0. The Hall–Kier alpha value is -0.0181. The summed E-state index contributed by atoms with van der Waals surface area (Å²) < 4.78 is 0. The predicted octanol–water partition coefficient (Wildman–Crippen LogP) is -0.927. The van der Waals surface area contributed by atoms with Crippen molar-refractivity contribution in [3.05, 3.63) is 34.7 Å². The Labute approximate surface area is 133 Å². The maximum atomic E-state index is 10.6. The van der Waals surface area contributed by atoms with E-state index in [0.29, 0.717) is 5.69 Å². The average Bonchev–Trinajstić information content (AvgIpc) is 2.09. The summed E-state index contributed by atoms with van der Waals surface area (Å²) in [6, 6.07) is 5.67. The van der Waals surface area contributed by atoms with E-state index < -0.39 is 0 Å². The smallest absolute Gasteiger partial charge is 0.872 e. The maximum Gasteiger partial charge on any atom is 1.00 e. The summed E-state index contributed by atoms with van der Waals surface area (Å²) in [7, 11) is 0. The van der Waals surface area contributed by atoms with Crippen molar-refractivity contribution in [2.45, 2.75) is 0 Å². The summed E-state index contributed by atoms with van der Waals surface area (Å²) in [4.78, 5) is 2.37. The summed E-state index contributed by atoms with van der Waals surface area (Å²) >= 11 is 0. The van der Waals surface area contributed by atoms with Gasteiger partial charge in [-0.15, -0.1) is 11.3 Å². The number of nitrogens with zero attached hydrogens (tertiary/aromatic N) is 5. The van der Waals surface area contributed by atoms with Crippen LogP contribution in [0.5, 0.6) is 5.75 Å². The fourth-order valence-electron chi connectivity index (χ4n) is 0.602. The van der Waals surface area contributed by atoms with Gasteiger partial charge in [-0.3, -0.25) is 0 Å². The molecule has 0 atom stereocenters. The minimum atomic E-state index is -0.0993. The Morgan fingerprint density at radius 1 is 1.23 bits per heavy atom. The SMILES string of the molecule is [Cs+].[N-]=[N+]=NN=Nc1ccc([O-])cc1. The van der Waals surface area contributed by atoms with Crippen LogP contribution in [-0.4, -0.2) is 0 Å². The molecule has 0 N–H and O–H groups in total. The zero-order valence-corrected chi connectivity index (χ0v) is 13.2. The first-order valence-electron chi connectivity index (χ1n) is 3.05. The normalized spacial score (nSPS) is 8.92. The molecule has 0 unspecified atom stereocenters. The topological polar surface area (TPSA) is 96.5 Å². The molecule has 0 spiro atoms. The number of rotatable bonds is 2. The van der Waals surface area contributed by atoms with Gasteiger partial charge in [0.1, 0.15) is 10.9 Å². The molecule has 13 heavy (non-hydrogen) atoms. The minimum absolute atomic E-state index is 0. The molecule has 0 aromatic heterocycles. The fourth-order valence-corrected chi connectivity index (χ4v) is 0.602.